The summed E-state index contributed by atoms with van der Waals surface area (Å²) >= 11 is 0. The van der Waals surface area contributed by atoms with Gasteiger partial charge in [-0.1, -0.05) is 30.3 Å². The van der Waals surface area contributed by atoms with Gasteiger partial charge in [0.15, 0.2) is 0 Å². The second-order valence-corrected chi connectivity index (χ2v) is 5.50. The molecule has 0 amide bonds. The molecule has 0 aliphatic heterocycles. The lowest BCUT2D eigenvalue weighted by Gasteiger charge is -2.08. The van der Waals surface area contributed by atoms with E-state index in [2.05, 4.69) is 4.98 Å². The van der Waals surface area contributed by atoms with Crippen LogP contribution in [0.3, 0.4) is 0 Å². The molecule has 0 aliphatic rings. The third-order valence-corrected chi connectivity index (χ3v) is 3.71. The minimum atomic E-state index is -0.927. The zero-order valence-electron chi connectivity index (χ0n) is 13.3. The highest BCUT2D eigenvalue weighted by atomic mass is 16.5. The van der Waals surface area contributed by atoms with Crippen LogP contribution in [0.5, 0.6) is 5.75 Å². The van der Waals surface area contributed by atoms with Crippen molar-refractivity contribution < 1.29 is 14.6 Å². The highest BCUT2D eigenvalue weighted by Crippen LogP contribution is 2.22. The van der Waals surface area contributed by atoms with Gasteiger partial charge in [0.05, 0.1) is 5.56 Å². The van der Waals surface area contributed by atoms with Gasteiger partial charge >= 0.3 is 5.97 Å². The maximum atomic E-state index is 10.8. The number of hydrogen-bond donors (Lipinski definition) is 1. The number of carboxylic acids is 1. The fourth-order valence-electron chi connectivity index (χ4n) is 2.29. The van der Waals surface area contributed by atoms with Gasteiger partial charge in [0.1, 0.15) is 12.4 Å². The molecule has 1 N–H and O–H groups in total. The van der Waals surface area contributed by atoms with Gasteiger partial charge in [0.2, 0.25) is 0 Å². The molecule has 120 valence electrons. The van der Waals surface area contributed by atoms with Crippen LogP contribution in [0.2, 0.25) is 0 Å². The number of ether oxygens (including phenoxy) is 1. The molecule has 0 saturated carbocycles. The minimum Gasteiger partial charge on any atom is -0.489 e. The van der Waals surface area contributed by atoms with Gasteiger partial charge in [-0.2, -0.15) is 0 Å². The van der Waals surface area contributed by atoms with Crippen LogP contribution in [0.15, 0.2) is 66.9 Å². The number of nitrogens with zero attached hydrogens (tertiary/aromatic N) is 1. The number of rotatable bonds is 5. The smallest absolute Gasteiger partial charge is 0.335 e. The van der Waals surface area contributed by atoms with Crippen molar-refractivity contribution in [2.75, 3.05) is 0 Å². The molecule has 0 spiro atoms. The third kappa shape index (κ3) is 3.79. The summed E-state index contributed by atoms with van der Waals surface area (Å²) in [6, 6.07) is 18.5. The van der Waals surface area contributed by atoms with E-state index in [9.17, 15) is 4.79 Å². The molecule has 4 nitrogen and oxygen atoms in total. The van der Waals surface area contributed by atoms with Crippen LogP contribution in [0, 0.1) is 6.92 Å². The molecule has 0 saturated heterocycles. The van der Waals surface area contributed by atoms with Crippen molar-refractivity contribution in [3.05, 3.63) is 83.7 Å². The first kappa shape index (κ1) is 15.7. The Balaban J connectivity index is 1.63. The first-order valence-corrected chi connectivity index (χ1v) is 7.60. The Hall–Kier alpha value is -3.14. The first-order valence-electron chi connectivity index (χ1n) is 7.60. The Labute approximate surface area is 140 Å². The second-order valence-electron chi connectivity index (χ2n) is 5.50. The fraction of sp³-hybridized carbons (Fsp3) is 0.100. The monoisotopic (exact) mass is 319 g/mol. The standard InChI is InChI=1S/C20H17NO3/c1-14-2-5-18(12-21-14)16-8-10-19(11-9-16)24-13-15-3-6-17(7-4-15)20(22)23/h2-12H,13H2,1H3,(H,22,23). The predicted octanol–water partition coefficient (Wildman–Crippen LogP) is 4.33. The van der Waals surface area contributed by atoms with Crippen molar-refractivity contribution in [1.82, 2.24) is 4.98 Å². The zero-order valence-corrected chi connectivity index (χ0v) is 13.3. The van der Waals surface area contributed by atoms with E-state index < -0.39 is 5.97 Å². The molecule has 0 radical (unpaired) electrons. The lowest BCUT2D eigenvalue weighted by molar-refractivity contribution is 0.0697. The average molecular weight is 319 g/mol. The zero-order chi connectivity index (χ0) is 16.9. The van der Waals surface area contributed by atoms with Gasteiger partial charge in [-0.3, -0.25) is 4.98 Å². The number of pyridine rings is 1. The van der Waals surface area contributed by atoms with Crippen LogP contribution in [0.4, 0.5) is 0 Å². The molecule has 1 heterocycles. The molecule has 0 atom stereocenters. The second kappa shape index (κ2) is 6.96. The maximum absolute atomic E-state index is 10.8. The number of carboxylic acid groups (broad SMARTS) is 1. The first-order chi connectivity index (χ1) is 11.6. The minimum absolute atomic E-state index is 0.273. The number of aromatic carboxylic acids is 1. The van der Waals surface area contributed by atoms with Crippen molar-refractivity contribution in [2.45, 2.75) is 13.5 Å². The Kier molecular flexibility index (Phi) is 4.57. The van der Waals surface area contributed by atoms with Crippen molar-refractivity contribution in [3.8, 4) is 16.9 Å². The van der Waals surface area contributed by atoms with Gasteiger partial charge < -0.3 is 9.84 Å². The molecule has 24 heavy (non-hydrogen) atoms. The number of aryl methyl sites for hydroxylation is 1. The SMILES string of the molecule is Cc1ccc(-c2ccc(OCc3ccc(C(=O)O)cc3)cc2)cn1. The molecule has 0 fully saturated rings. The van der Waals surface area contributed by atoms with Gasteiger partial charge in [0.25, 0.3) is 0 Å². The predicted molar refractivity (Wildman–Crippen MR) is 92.1 cm³/mol. The summed E-state index contributed by atoms with van der Waals surface area (Å²) in [7, 11) is 0. The highest BCUT2D eigenvalue weighted by molar-refractivity contribution is 5.87. The summed E-state index contributed by atoms with van der Waals surface area (Å²) in [5.74, 6) is -0.162. The molecule has 0 unspecified atom stereocenters. The average Bonchev–Trinajstić information content (AvgIpc) is 2.61. The number of benzene rings is 2. The van der Waals surface area contributed by atoms with Crippen LogP contribution in [-0.4, -0.2) is 16.1 Å². The lowest BCUT2D eigenvalue weighted by atomic mass is 10.1. The van der Waals surface area contributed by atoms with E-state index >= 15 is 0 Å². The summed E-state index contributed by atoms with van der Waals surface area (Å²) in [5.41, 5.74) is 4.34. The lowest BCUT2D eigenvalue weighted by Crippen LogP contribution is -1.98. The third-order valence-electron chi connectivity index (χ3n) is 3.71. The molecule has 1 aromatic heterocycles. The molecular formula is C20H17NO3. The van der Waals surface area contributed by atoms with Crippen LogP contribution in [-0.2, 0) is 6.61 Å². The molecular weight excluding hydrogens is 302 g/mol. The van der Waals surface area contributed by atoms with E-state index in [0.29, 0.717) is 6.61 Å². The summed E-state index contributed by atoms with van der Waals surface area (Å²) in [6.45, 7) is 2.36. The number of carbonyl (C=O) groups is 1. The molecule has 0 aliphatic carbocycles. The normalized spacial score (nSPS) is 10.4. The van der Waals surface area contributed by atoms with Gasteiger partial charge in [-0.15, -0.1) is 0 Å². The van der Waals surface area contributed by atoms with Crippen LogP contribution >= 0.6 is 0 Å². The summed E-state index contributed by atoms with van der Waals surface area (Å²) in [5, 5.41) is 8.88. The Morgan fingerprint density at radius 2 is 1.62 bits per heavy atom. The number of aromatic nitrogens is 1. The van der Waals surface area contributed by atoms with Crippen molar-refractivity contribution in [2.24, 2.45) is 0 Å². The van der Waals surface area contributed by atoms with E-state index in [-0.39, 0.29) is 5.56 Å². The Morgan fingerprint density at radius 3 is 2.21 bits per heavy atom. The molecule has 4 heteroatoms. The van der Waals surface area contributed by atoms with Gasteiger partial charge in [0, 0.05) is 17.5 Å². The fourth-order valence-corrected chi connectivity index (χ4v) is 2.29. The van der Waals surface area contributed by atoms with Crippen LogP contribution in [0.1, 0.15) is 21.6 Å². The quantitative estimate of drug-likeness (QED) is 0.760. The van der Waals surface area contributed by atoms with E-state index in [1.807, 2.05) is 49.5 Å². The summed E-state index contributed by atoms with van der Waals surface area (Å²) < 4.78 is 5.74. The Morgan fingerprint density at radius 1 is 0.958 bits per heavy atom. The number of hydrogen-bond acceptors (Lipinski definition) is 3. The van der Waals surface area contributed by atoms with E-state index in [4.69, 9.17) is 9.84 Å². The van der Waals surface area contributed by atoms with Crippen molar-refractivity contribution in [3.63, 3.8) is 0 Å². The van der Waals surface area contributed by atoms with Crippen LogP contribution < -0.4 is 4.74 Å². The Bertz CT molecular complexity index is 822. The molecule has 2 aromatic carbocycles. The van der Waals surface area contributed by atoms with Crippen molar-refractivity contribution in [1.29, 1.82) is 0 Å². The van der Waals surface area contributed by atoms with Crippen LogP contribution in [0.25, 0.3) is 11.1 Å². The van der Waals surface area contributed by atoms with Gasteiger partial charge in [-0.05, 0) is 48.4 Å². The van der Waals surface area contributed by atoms with Gasteiger partial charge in [-0.25, -0.2) is 4.79 Å². The topological polar surface area (TPSA) is 59.4 Å². The summed E-state index contributed by atoms with van der Waals surface area (Å²) in [6.07, 6.45) is 1.86. The molecule has 3 rings (SSSR count). The van der Waals surface area contributed by atoms with E-state index in [0.717, 1.165) is 28.1 Å². The highest BCUT2D eigenvalue weighted by Gasteiger charge is 2.03. The van der Waals surface area contributed by atoms with E-state index in [1.54, 1.807) is 24.3 Å². The summed E-state index contributed by atoms with van der Waals surface area (Å²) in [4.78, 5) is 15.1. The maximum Gasteiger partial charge on any atom is 0.335 e. The molecule has 3 aromatic rings. The van der Waals surface area contributed by atoms with Crippen molar-refractivity contribution >= 4 is 5.97 Å². The molecule has 0 bridgehead atoms. The largest absolute Gasteiger partial charge is 0.489 e. The van der Waals surface area contributed by atoms with E-state index in [1.165, 1.54) is 0 Å².